The van der Waals surface area contributed by atoms with Gasteiger partial charge in [-0.25, -0.2) is 9.97 Å². The van der Waals surface area contributed by atoms with Crippen molar-refractivity contribution in [3.63, 3.8) is 0 Å². The lowest BCUT2D eigenvalue weighted by atomic mass is 10.0. The second-order valence-electron chi connectivity index (χ2n) is 6.91. The lowest BCUT2D eigenvalue weighted by molar-refractivity contribution is -0.0194. The van der Waals surface area contributed by atoms with Gasteiger partial charge in [0.2, 0.25) is 0 Å². The summed E-state index contributed by atoms with van der Waals surface area (Å²) in [6.07, 6.45) is 3.03. The minimum Gasteiger partial charge on any atom is -0.388 e. The van der Waals surface area contributed by atoms with E-state index in [-0.39, 0.29) is 12.0 Å². The lowest BCUT2D eigenvalue weighted by Crippen LogP contribution is -2.54. The quantitative estimate of drug-likeness (QED) is 0.576. The summed E-state index contributed by atoms with van der Waals surface area (Å²) in [5.74, 6) is 0.227. The molecule has 0 spiro atoms. The number of pyridine rings is 2. The molecular weight excluding hydrogens is 368 g/mol. The third-order valence-electron chi connectivity index (χ3n) is 5.23. The van der Waals surface area contributed by atoms with Crippen molar-refractivity contribution in [1.82, 2.24) is 14.9 Å². The van der Waals surface area contributed by atoms with E-state index in [9.17, 15) is 4.79 Å². The first-order chi connectivity index (χ1) is 14.0. The number of nitrogens with one attached hydrogen (secondary N) is 2. The Labute approximate surface area is 168 Å². The molecule has 0 aliphatic carbocycles. The average molecular weight is 390 g/mol. The molecule has 1 aliphatic rings. The van der Waals surface area contributed by atoms with E-state index in [1.54, 1.807) is 30.3 Å². The summed E-state index contributed by atoms with van der Waals surface area (Å²) in [6, 6.07) is 9.19. The fraction of sp³-hybridized carbons (Fsp3) is 0.238. The van der Waals surface area contributed by atoms with Gasteiger partial charge >= 0.3 is 0 Å². The molecule has 8 nitrogen and oxygen atoms in total. The second-order valence-corrected chi connectivity index (χ2v) is 6.91. The molecule has 1 saturated heterocycles. The number of nitrogen functional groups attached to an aromatic ring is 1. The van der Waals surface area contributed by atoms with Crippen LogP contribution in [0.1, 0.15) is 16.1 Å². The molecule has 1 aromatic carbocycles. The van der Waals surface area contributed by atoms with Crippen LogP contribution >= 0.6 is 0 Å². The lowest BCUT2D eigenvalue weighted by Gasteiger charge is -2.37. The largest absolute Gasteiger partial charge is 0.388 e. The predicted molar refractivity (Wildman–Crippen MR) is 114 cm³/mol. The molecular formula is C21H22N6O2. The first-order valence-corrected chi connectivity index (χ1v) is 9.25. The molecule has 8 heteroatoms. The first-order valence-electron chi connectivity index (χ1n) is 9.25. The average Bonchev–Trinajstić information content (AvgIpc) is 2.72. The van der Waals surface area contributed by atoms with E-state index < -0.39 is 0 Å². The van der Waals surface area contributed by atoms with Crippen molar-refractivity contribution in [1.29, 1.82) is 5.41 Å². The van der Waals surface area contributed by atoms with E-state index in [1.807, 2.05) is 25.2 Å². The molecule has 0 radical (unpaired) electrons. The summed E-state index contributed by atoms with van der Waals surface area (Å²) in [5, 5.41) is 11.4. The number of rotatable bonds is 5. The number of methoxy groups -OCH3 is 1. The number of amides is 1. The zero-order valence-corrected chi connectivity index (χ0v) is 16.3. The fourth-order valence-electron chi connectivity index (χ4n) is 3.46. The Balaban J connectivity index is 1.80. The Morgan fingerprint density at radius 1 is 1.34 bits per heavy atom. The Morgan fingerprint density at radius 2 is 2.14 bits per heavy atom. The minimum absolute atomic E-state index is 0.0834. The molecule has 2 aromatic heterocycles. The van der Waals surface area contributed by atoms with Crippen LogP contribution in [-0.4, -0.2) is 60.3 Å². The van der Waals surface area contributed by atoms with Crippen molar-refractivity contribution in [3.8, 4) is 11.1 Å². The molecule has 0 atom stereocenters. The number of likely N-dealkylation sites (tertiary alicyclic amines) is 1. The molecule has 29 heavy (non-hydrogen) atoms. The molecule has 3 heterocycles. The van der Waals surface area contributed by atoms with Gasteiger partial charge in [-0.05, 0) is 29.8 Å². The summed E-state index contributed by atoms with van der Waals surface area (Å²) < 4.78 is 5.24. The van der Waals surface area contributed by atoms with Crippen LogP contribution in [0.5, 0.6) is 0 Å². The maximum Gasteiger partial charge on any atom is 0.272 e. The van der Waals surface area contributed by atoms with Crippen LogP contribution in [0.3, 0.4) is 0 Å². The Hall–Kier alpha value is -3.52. The highest BCUT2D eigenvalue weighted by molar-refractivity contribution is 6.02. The smallest absolute Gasteiger partial charge is 0.272 e. The van der Waals surface area contributed by atoms with Crippen molar-refractivity contribution in [2.75, 3.05) is 38.3 Å². The molecule has 1 aliphatic heterocycles. The molecule has 0 bridgehead atoms. The van der Waals surface area contributed by atoms with Crippen molar-refractivity contribution >= 4 is 34.5 Å². The van der Waals surface area contributed by atoms with Crippen molar-refractivity contribution in [2.45, 2.75) is 6.10 Å². The van der Waals surface area contributed by atoms with Gasteiger partial charge in [-0.1, -0.05) is 6.07 Å². The van der Waals surface area contributed by atoms with Crippen LogP contribution in [0.2, 0.25) is 0 Å². The number of aromatic nitrogens is 2. The summed E-state index contributed by atoms with van der Waals surface area (Å²) in [5.41, 5.74) is 10.2. The number of nitrogens with zero attached hydrogens (tertiary/aromatic N) is 3. The standard InChI is InChI=1S/C21H22N6O2/c1-24-17-5-3-12(7-13(17)8-22)16-9-25-20(23)15-4-6-18(26-19(15)16)21(28)27-10-14(11-27)29-2/h3-9,14,22,24H,10-11H2,1-2H3,(H2,23,25). The molecule has 3 aromatic rings. The third kappa shape index (κ3) is 3.27. The van der Waals surface area contributed by atoms with Crippen molar-refractivity contribution < 1.29 is 9.53 Å². The van der Waals surface area contributed by atoms with Crippen LogP contribution in [0, 0.1) is 5.41 Å². The minimum atomic E-state index is -0.132. The van der Waals surface area contributed by atoms with Gasteiger partial charge in [0.25, 0.3) is 5.91 Å². The van der Waals surface area contributed by atoms with Gasteiger partial charge in [0.15, 0.2) is 0 Å². The van der Waals surface area contributed by atoms with E-state index in [0.717, 1.165) is 22.4 Å². The highest BCUT2D eigenvalue weighted by atomic mass is 16.5. The topological polar surface area (TPSA) is 117 Å². The number of hydrogen-bond acceptors (Lipinski definition) is 7. The summed E-state index contributed by atoms with van der Waals surface area (Å²) in [7, 11) is 3.45. The molecule has 0 saturated carbocycles. The highest BCUT2D eigenvalue weighted by Gasteiger charge is 2.31. The van der Waals surface area contributed by atoms with Crippen LogP contribution in [0.4, 0.5) is 11.5 Å². The number of carbonyl (C=O) groups excluding carboxylic acids is 1. The van der Waals surface area contributed by atoms with E-state index >= 15 is 0 Å². The van der Waals surface area contributed by atoms with E-state index in [4.69, 9.17) is 15.9 Å². The molecule has 148 valence electrons. The van der Waals surface area contributed by atoms with Crippen LogP contribution in [0.25, 0.3) is 22.0 Å². The molecule has 1 fully saturated rings. The molecule has 4 N–H and O–H groups in total. The fourth-order valence-corrected chi connectivity index (χ4v) is 3.46. The third-order valence-corrected chi connectivity index (χ3v) is 5.23. The van der Waals surface area contributed by atoms with E-state index in [1.165, 1.54) is 6.21 Å². The normalized spacial score (nSPS) is 13.9. The van der Waals surface area contributed by atoms with E-state index in [2.05, 4.69) is 15.3 Å². The number of benzene rings is 1. The van der Waals surface area contributed by atoms with Gasteiger partial charge in [0, 0.05) is 61.9 Å². The SMILES string of the molecule is CNc1ccc(-c2cnc(N)c3ccc(C(=O)N4CC(OC)C4)nc23)cc1C=N. The number of nitrogens with two attached hydrogens (primary N) is 1. The highest BCUT2D eigenvalue weighted by Crippen LogP contribution is 2.31. The Bertz CT molecular complexity index is 1110. The number of anilines is 2. The second kappa shape index (κ2) is 7.48. The van der Waals surface area contributed by atoms with Crippen LogP contribution < -0.4 is 11.1 Å². The monoisotopic (exact) mass is 390 g/mol. The maximum atomic E-state index is 12.8. The summed E-state index contributed by atoms with van der Waals surface area (Å²) in [4.78, 5) is 23.4. The molecule has 0 unspecified atom stereocenters. The number of hydrogen-bond donors (Lipinski definition) is 3. The van der Waals surface area contributed by atoms with Gasteiger partial charge in [-0.2, -0.15) is 0 Å². The van der Waals surface area contributed by atoms with Gasteiger partial charge < -0.3 is 26.1 Å². The maximum absolute atomic E-state index is 12.8. The van der Waals surface area contributed by atoms with Gasteiger partial charge in [-0.3, -0.25) is 4.79 Å². The summed E-state index contributed by atoms with van der Waals surface area (Å²) in [6.45, 7) is 1.13. The van der Waals surface area contributed by atoms with Crippen LogP contribution in [-0.2, 0) is 4.74 Å². The molecule has 1 amide bonds. The zero-order chi connectivity index (χ0) is 20.5. The van der Waals surface area contributed by atoms with Gasteiger partial charge in [-0.15, -0.1) is 0 Å². The van der Waals surface area contributed by atoms with Crippen molar-refractivity contribution in [2.24, 2.45) is 0 Å². The predicted octanol–water partition coefficient (Wildman–Crippen LogP) is 2.39. The first kappa shape index (κ1) is 18.8. The van der Waals surface area contributed by atoms with Crippen molar-refractivity contribution in [3.05, 3.63) is 47.8 Å². The number of fused-ring (bicyclic) bond motifs is 1. The molecule has 4 rings (SSSR count). The summed E-state index contributed by atoms with van der Waals surface area (Å²) >= 11 is 0. The zero-order valence-electron chi connectivity index (χ0n) is 16.3. The Kier molecular flexibility index (Phi) is 4.85. The number of carbonyl (C=O) groups is 1. The van der Waals surface area contributed by atoms with Crippen LogP contribution in [0.15, 0.2) is 36.5 Å². The van der Waals surface area contributed by atoms with Gasteiger partial charge in [0.05, 0.1) is 11.6 Å². The Morgan fingerprint density at radius 3 is 2.83 bits per heavy atom. The number of ether oxygens (including phenoxy) is 1. The van der Waals surface area contributed by atoms with Gasteiger partial charge in [0.1, 0.15) is 11.5 Å². The van der Waals surface area contributed by atoms with E-state index in [0.29, 0.717) is 35.5 Å².